The maximum absolute atomic E-state index is 12.0. The van der Waals surface area contributed by atoms with Crippen molar-refractivity contribution in [3.63, 3.8) is 0 Å². The Hall–Kier alpha value is -2.28. The number of amides is 1. The number of carbonyl (C=O) groups excluding carboxylic acids is 2. The Labute approximate surface area is 145 Å². The van der Waals surface area contributed by atoms with Gasteiger partial charge < -0.3 is 10.1 Å². The van der Waals surface area contributed by atoms with Crippen molar-refractivity contribution in [1.82, 2.24) is 14.9 Å². The molecular weight excluding hydrogens is 326 g/mol. The number of carbonyl (C=O) groups is 2. The van der Waals surface area contributed by atoms with Crippen LogP contribution in [0.3, 0.4) is 0 Å². The van der Waals surface area contributed by atoms with E-state index in [1.807, 2.05) is 42.0 Å². The lowest BCUT2D eigenvalue weighted by Gasteiger charge is -2.13. The fourth-order valence-corrected chi connectivity index (χ4v) is 3.02. The second kappa shape index (κ2) is 8.54. The van der Waals surface area contributed by atoms with E-state index in [9.17, 15) is 9.59 Å². The number of rotatable bonds is 7. The maximum Gasteiger partial charge on any atom is 0.307 e. The summed E-state index contributed by atoms with van der Waals surface area (Å²) in [5.74, 6) is -0.254. The molecule has 0 bridgehead atoms. The third-order valence-corrected chi connectivity index (χ3v) is 4.39. The van der Waals surface area contributed by atoms with Crippen LogP contribution in [0.1, 0.15) is 18.9 Å². The number of imidazole rings is 1. The first-order valence-electron chi connectivity index (χ1n) is 7.59. The van der Waals surface area contributed by atoms with Crippen LogP contribution in [0.2, 0.25) is 0 Å². The summed E-state index contributed by atoms with van der Waals surface area (Å²) >= 11 is 1.36. The van der Waals surface area contributed by atoms with E-state index in [0.717, 1.165) is 16.4 Å². The molecule has 6 nitrogen and oxygen atoms in total. The number of aromatic nitrogens is 2. The van der Waals surface area contributed by atoms with E-state index in [2.05, 4.69) is 15.0 Å². The highest BCUT2D eigenvalue weighted by molar-refractivity contribution is 7.99. The summed E-state index contributed by atoms with van der Waals surface area (Å²) in [7, 11) is 1.33. The number of methoxy groups -OCH3 is 1. The van der Waals surface area contributed by atoms with Crippen LogP contribution in [0, 0.1) is 6.92 Å². The number of hydrogen-bond acceptors (Lipinski definition) is 5. The Bertz CT molecular complexity index is 715. The second-order valence-corrected chi connectivity index (χ2v) is 6.35. The van der Waals surface area contributed by atoms with Crippen molar-refractivity contribution in [3.05, 3.63) is 42.2 Å². The van der Waals surface area contributed by atoms with Crippen LogP contribution in [0.25, 0.3) is 5.69 Å². The van der Waals surface area contributed by atoms with Crippen molar-refractivity contribution in [2.24, 2.45) is 0 Å². The summed E-state index contributed by atoms with van der Waals surface area (Å²) < 4.78 is 6.55. The minimum absolute atomic E-state index is 0.143. The van der Waals surface area contributed by atoms with Crippen molar-refractivity contribution < 1.29 is 14.3 Å². The molecule has 0 saturated carbocycles. The van der Waals surface area contributed by atoms with Gasteiger partial charge in [-0.3, -0.25) is 14.2 Å². The lowest BCUT2D eigenvalue weighted by molar-refractivity contribution is -0.141. The minimum atomic E-state index is -0.342. The number of ether oxygens (including phenoxy) is 1. The van der Waals surface area contributed by atoms with Gasteiger partial charge >= 0.3 is 5.97 Å². The van der Waals surface area contributed by atoms with Gasteiger partial charge in [-0.1, -0.05) is 30.0 Å². The van der Waals surface area contributed by atoms with Crippen LogP contribution < -0.4 is 5.32 Å². The molecule has 1 N–H and O–H groups in total. The van der Waals surface area contributed by atoms with Crippen LogP contribution in [0.4, 0.5) is 0 Å². The first kappa shape index (κ1) is 18.1. The summed E-state index contributed by atoms with van der Waals surface area (Å²) in [5.41, 5.74) is 2.17. The predicted octanol–water partition coefficient (Wildman–Crippen LogP) is 2.34. The molecule has 2 aromatic rings. The first-order valence-corrected chi connectivity index (χ1v) is 8.58. The highest BCUT2D eigenvalue weighted by Gasteiger charge is 2.14. The molecule has 0 fully saturated rings. The van der Waals surface area contributed by atoms with Gasteiger partial charge in [0.1, 0.15) is 0 Å². The molecule has 1 heterocycles. The summed E-state index contributed by atoms with van der Waals surface area (Å²) in [5, 5.41) is 3.53. The zero-order valence-electron chi connectivity index (χ0n) is 14.0. The molecule has 1 aromatic heterocycles. The Balaban J connectivity index is 1.94. The van der Waals surface area contributed by atoms with E-state index in [0.29, 0.717) is 0 Å². The molecule has 0 aliphatic carbocycles. The minimum Gasteiger partial charge on any atom is -0.469 e. The van der Waals surface area contributed by atoms with E-state index in [1.165, 1.54) is 18.9 Å². The lowest BCUT2D eigenvalue weighted by Crippen LogP contribution is -2.35. The SMILES string of the molecule is COC(=O)CC(C)NC(=O)CSc1nccn1-c1ccccc1C. The van der Waals surface area contributed by atoms with Crippen molar-refractivity contribution >= 4 is 23.6 Å². The largest absolute Gasteiger partial charge is 0.469 e. The normalized spacial score (nSPS) is 11.8. The Kier molecular flexibility index (Phi) is 6.43. The maximum atomic E-state index is 12.0. The van der Waals surface area contributed by atoms with Crippen molar-refractivity contribution in [2.45, 2.75) is 31.5 Å². The van der Waals surface area contributed by atoms with Crippen LogP contribution in [0.5, 0.6) is 0 Å². The highest BCUT2D eigenvalue weighted by atomic mass is 32.2. The Morgan fingerprint density at radius 1 is 1.38 bits per heavy atom. The van der Waals surface area contributed by atoms with E-state index >= 15 is 0 Å². The summed E-state index contributed by atoms with van der Waals surface area (Å²) in [4.78, 5) is 27.5. The molecule has 1 atom stereocenters. The van der Waals surface area contributed by atoms with E-state index < -0.39 is 0 Å². The van der Waals surface area contributed by atoms with Crippen molar-refractivity contribution in [3.8, 4) is 5.69 Å². The number of nitrogens with zero attached hydrogens (tertiary/aromatic N) is 2. The summed E-state index contributed by atoms with van der Waals surface area (Å²) in [6.07, 6.45) is 3.75. The van der Waals surface area contributed by atoms with Gasteiger partial charge in [-0.25, -0.2) is 4.98 Å². The van der Waals surface area contributed by atoms with Crippen LogP contribution in [0.15, 0.2) is 41.8 Å². The van der Waals surface area contributed by atoms with Gasteiger partial charge in [-0.05, 0) is 25.5 Å². The van der Waals surface area contributed by atoms with Crippen LogP contribution >= 0.6 is 11.8 Å². The van der Waals surface area contributed by atoms with E-state index in [4.69, 9.17) is 0 Å². The Morgan fingerprint density at radius 3 is 2.83 bits per heavy atom. The molecule has 128 valence electrons. The third kappa shape index (κ3) is 4.86. The van der Waals surface area contributed by atoms with Crippen LogP contribution in [-0.4, -0.2) is 40.3 Å². The Morgan fingerprint density at radius 2 is 2.12 bits per heavy atom. The van der Waals surface area contributed by atoms with E-state index in [1.54, 1.807) is 13.1 Å². The molecule has 1 aromatic carbocycles. The number of benzene rings is 1. The standard InChI is InChI=1S/C17H21N3O3S/c1-12-6-4-5-7-14(12)20-9-8-18-17(20)24-11-15(21)19-13(2)10-16(22)23-3/h4-9,13H,10-11H2,1-3H3,(H,19,21). The number of thioether (sulfide) groups is 1. The molecule has 0 spiro atoms. The molecule has 1 amide bonds. The molecular formula is C17H21N3O3S. The van der Waals surface area contributed by atoms with Crippen LogP contribution in [-0.2, 0) is 14.3 Å². The monoisotopic (exact) mass is 347 g/mol. The molecule has 0 aliphatic rings. The molecule has 0 saturated heterocycles. The zero-order chi connectivity index (χ0) is 17.5. The highest BCUT2D eigenvalue weighted by Crippen LogP contribution is 2.22. The van der Waals surface area contributed by atoms with Gasteiger partial charge in [-0.2, -0.15) is 0 Å². The fraction of sp³-hybridized carbons (Fsp3) is 0.353. The average molecular weight is 347 g/mol. The molecule has 7 heteroatoms. The first-order chi connectivity index (χ1) is 11.5. The molecule has 1 unspecified atom stereocenters. The molecule has 0 radical (unpaired) electrons. The number of para-hydroxylation sites is 1. The molecule has 0 aliphatic heterocycles. The number of hydrogen-bond donors (Lipinski definition) is 1. The molecule has 2 rings (SSSR count). The quantitative estimate of drug-likeness (QED) is 0.615. The van der Waals surface area contributed by atoms with Gasteiger partial charge in [-0.15, -0.1) is 0 Å². The van der Waals surface area contributed by atoms with Gasteiger partial charge in [0.05, 0.1) is 25.0 Å². The molecule has 24 heavy (non-hydrogen) atoms. The predicted molar refractivity (Wildman–Crippen MR) is 93.3 cm³/mol. The van der Waals surface area contributed by atoms with E-state index in [-0.39, 0.29) is 30.1 Å². The summed E-state index contributed by atoms with van der Waals surface area (Å²) in [6, 6.07) is 7.74. The lowest BCUT2D eigenvalue weighted by atomic mass is 10.2. The third-order valence-electron chi connectivity index (χ3n) is 3.42. The number of esters is 1. The van der Waals surface area contributed by atoms with Gasteiger partial charge in [0.2, 0.25) is 5.91 Å². The summed E-state index contributed by atoms with van der Waals surface area (Å²) in [6.45, 7) is 3.80. The number of nitrogens with one attached hydrogen (secondary N) is 1. The van der Waals surface area contributed by atoms with Crippen molar-refractivity contribution in [2.75, 3.05) is 12.9 Å². The van der Waals surface area contributed by atoms with Gasteiger partial charge in [0, 0.05) is 18.4 Å². The smallest absolute Gasteiger partial charge is 0.307 e. The number of aryl methyl sites for hydroxylation is 1. The zero-order valence-corrected chi connectivity index (χ0v) is 14.8. The average Bonchev–Trinajstić information content (AvgIpc) is 3.01. The van der Waals surface area contributed by atoms with Gasteiger partial charge in [0.15, 0.2) is 5.16 Å². The fourth-order valence-electron chi connectivity index (χ4n) is 2.24. The van der Waals surface area contributed by atoms with Gasteiger partial charge in [0.25, 0.3) is 0 Å². The second-order valence-electron chi connectivity index (χ2n) is 5.40. The topological polar surface area (TPSA) is 73.2 Å². The van der Waals surface area contributed by atoms with Crippen molar-refractivity contribution in [1.29, 1.82) is 0 Å².